The van der Waals surface area contributed by atoms with Crippen molar-refractivity contribution in [3.8, 4) is 11.5 Å². The van der Waals surface area contributed by atoms with Crippen LogP contribution in [0.5, 0.6) is 11.5 Å². The smallest absolute Gasteiger partial charge is 0.124 e. The highest BCUT2D eigenvalue weighted by atomic mass is 35.5. The van der Waals surface area contributed by atoms with Crippen LogP contribution in [0.25, 0.3) is 0 Å². The van der Waals surface area contributed by atoms with Gasteiger partial charge in [-0.1, -0.05) is 23.7 Å². The number of hydrogen-bond donors (Lipinski definition) is 2. The van der Waals surface area contributed by atoms with Gasteiger partial charge < -0.3 is 10.2 Å². The number of phenolic OH excluding ortho intramolecular Hbond substituents is 2. The van der Waals surface area contributed by atoms with E-state index in [9.17, 15) is 10.2 Å². The van der Waals surface area contributed by atoms with Gasteiger partial charge in [0.15, 0.2) is 0 Å². The Kier molecular flexibility index (Phi) is 3.30. The van der Waals surface area contributed by atoms with E-state index < -0.39 is 0 Å². The van der Waals surface area contributed by atoms with Crippen LogP contribution in [0, 0.1) is 0 Å². The van der Waals surface area contributed by atoms with E-state index in [1.54, 1.807) is 12.1 Å². The van der Waals surface area contributed by atoms with E-state index in [0.29, 0.717) is 16.3 Å². The zero-order valence-corrected chi connectivity index (χ0v) is 9.59. The molecule has 0 unspecified atom stereocenters. The van der Waals surface area contributed by atoms with Gasteiger partial charge in [0.1, 0.15) is 11.5 Å². The second-order valence-electron chi connectivity index (χ2n) is 3.45. The van der Waals surface area contributed by atoms with Gasteiger partial charge in [-0.2, -0.15) is 0 Å². The van der Waals surface area contributed by atoms with Crippen molar-refractivity contribution in [1.82, 2.24) is 0 Å². The lowest BCUT2D eigenvalue weighted by Gasteiger charge is -2.00. The summed E-state index contributed by atoms with van der Waals surface area (Å²) in [6, 6.07) is 11.4. The topological polar surface area (TPSA) is 52.8 Å². The van der Waals surface area contributed by atoms with Gasteiger partial charge in [0.25, 0.3) is 0 Å². The summed E-state index contributed by atoms with van der Waals surface area (Å²) in [4.78, 5) is 4.15. The van der Waals surface area contributed by atoms with Crippen molar-refractivity contribution in [1.29, 1.82) is 0 Å². The minimum Gasteiger partial charge on any atom is -0.508 e. The third kappa shape index (κ3) is 2.77. The summed E-state index contributed by atoms with van der Waals surface area (Å²) in [5, 5.41) is 19.4. The molecule has 0 aliphatic carbocycles. The van der Waals surface area contributed by atoms with E-state index in [2.05, 4.69) is 4.99 Å². The second kappa shape index (κ2) is 4.89. The Bertz CT molecular complexity index is 567. The van der Waals surface area contributed by atoms with Crippen molar-refractivity contribution in [2.24, 2.45) is 4.99 Å². The highest BCUT2D eigenvalue weighted by molar-refractivity contribution is 6.33. The van der Waals surface area contributed by atoms with Crippen LogP contribution in [-0.4, -0.2) is 16.4 Å². The average Bonchev–Trinajstić information content (AvgIpc) is 2.32. The molecule has 86 valence electrons. The number of para-hydroxylation sites is 1. The van der Waals surface area contributed by atoms with Crippen LogP contribution in [0.3, 0.4) is 0 Å². The van der Waals surface area contributed by atoms with Crippen LogP contribution < -0.4 is 0 Å². The predicted octanol–water partition coefficient (Wildman–Crippen LogP) is 3.50. The summed E-state index contributed by atoms with van der Waals surface area (Å²) in [5.74, 6) is 0.127. The van der Waals surface area contributed by atoms with Gasteiger partial charge in [0.2, 0.25) is 0 Å². The molecule has 0 amide bonds. The minimum absolute atomic E-state index is 0.0543. The lowest BCUT2D eigenvalue weighted by Crippen LogP contribution is -1.82. The number of nitrogens with zero attached hydrogens (tertiary/aromatic N) is 1. The fourth-order valence-electron chi connectivity index (χ4n) is 1.34. The Morgan fingerprint density at radius 2 is 1.82 bits per heavy atom. The molecule has 0 atom stereocenters. The Hall–Kier alpha value is -2.00. The summed E-state index contributed by atoms with van der Waals surface area (Å²) < 4.78 is 0. The van der Waals surface area contributed by atoms with Crippen molar-refractivity contribution in [3.05, 3.63) is 53.1 Å². The molecule has 0 fully saturated rings. The molecule has 2 rings (SSSR count). The fraction of sp³-hybridized carbons (Fsp3) is 0. The van der Waals surface area contributed by atoms with Crippen LogP contribution in [0.15, 0.2) is 47.5 Å². The molecule has 0 radical (unpaired) electrons. The Morgan fingerprint density at radius 1 is 1.06 bits per heavy atom. The largest absolute Gasteiger partial charge is 0.508 e. The normalized spacial score (nSPS) is 10.9. The quantitative estimate of drug-likeness (QED) is 0.630. The van der Waals surface area contributed by atoms with Crippen LogP contribution in [0.1, 0.15) is 5.56 Å². The number of rotatable bonds is 2. The molecule has 2 N–H and O–H groups in total. The first-order valence-corrected chi connectivity index (χ1v) is 5.35. The van der Waals surface area contributed by atoms with Crippen LogP contribution in [0.2, 0.25) is 5.02 Å². The second-order valence-corrected chi connectivity index (χ2v) is 3.86. The fourth-order valence-corrected chi connectivity index (χ4v) is 1.53. The number of aliphatic imine (C=N–C) groups is 1. The maximum atomic E-state index is 9.55. The third-order valence-corrected chi connectivity index (χ3v) is 2.53. The maximum absolute atomic E-state index is 9.55. The lowest BCUT2D eigenvalue weighted by atomic mass is 10.2. The Balaban J connectivity index is 2.32. The third-order valence-electron chi connectivity index (χ3n) is 2.21. The van der Waals surface area contributed by atoms with E-state index in [0.717, 1.165) is 0 Å². The van der Waals surface area contributed by atoms with Crippen LogP contribution in [0.4, 0.5) is 5.69 Å². The summed E-state index contributed by atoms with van der Waals surface area (Å²) in [5.41, 5.74) is 1.04. The molecule has 4 heteroatoms. The van der Waals surface area contributed by atoms with E-state index >= 15 is 0 Å². The van der Waals surface area contributed by atoms with E-state index in [4.69, 9.17) is 11.6 Å². The van der Waals surface area contributed by atoms with Gasteiger partial charge in [0.05, 0.1) is 10.7 Å². The van der Waals surface area contributed by atoms with Crippen molar-refractivity contribution < 1.29 is 10.2 Å². The first-order valence-electron chi connectivity index (χ1n) is 4.97. The summed E-state index contributed by atoms with van der Waals surface area (Å²) in [6.45, 7) is 0. The van der Waals surface area contributed by atoms with Gasteiger partial charge in [-0.25, -0.2) is 0 Å². The molecule has 0 aliphatic rings. The highest BCUT2D eigenvalue weighted by Crippen LogP contribution is 2.25. The van der Waals surface area contributed by atoms with Gasteiger partial charge in [-0.15, -0.1) is 0 Å². The van der Waals surface area contributed by atoms with Crippen LogP contribution in [-0.2, 0) is 0 Å². The van der Waals surface area contributed by atoms with Gasteiger partial charge >= 0.3 is 0 Å². The van der Waals surface area contributed by atoms with E-state index in [1.165, 1.54) is 24.4 Å². The monoisotopic (exact) mass is 247 g/mol. The SMILES string of the molecule is Oc1ccc(O)c(C=Nc2ccccc2Cl)c1. The number of halogens is 1. The molecular weight excluding hydrogens is 238 g/mol. The van der Waals surface area contributed by atoms with Crippen molar-refractivity contribution in [2.75, 3.05) is 0 Å². The van der Waals surface area contributed by atoms with Gasteiger partial charge in [-0.05, 0) is 30.3 Å². The molecule has 17 heavy (non-hydrogen) atoms. The number of hydrogen-bond acceptors (Lipinski definition) is 3. The standard InChI is InChI=1S/C13H10ClNO2/c14-11-3-1-2-4-12(11)15-8-9-7-10(16)5-6-13(9)17/h1-8,16-17H. The number of aromatic hydroxyl groups is 2. The lowest BCUT2D eigenvalue weighted by molar-refractivity contribution is 0.459. The maximum Gasteiger partial charge on any atom is 0.124 e. The molecular formula is C13H10ClNO2. The minimum atomic E-state index is 0.0543. The van der Waals surface area contributed by atoms with E-state index in [-0.39, 0.29) is 11.5 Å². The van der Waals surface area contributed by atoms with Gasteiger partial charge in [-0.3, -0.25) is 4.99 Å². The molecule has 0 bridgehead atoms. The summed E-state index contributed by atoms with van der Waals surface area (Å²) in [6.07, 6.45) is 1.45. The zero-order valence-electron chi connectivity index (χ0n) is 8.84. The zero-order chi connectivity index (χ0) is 12.3. The molecule has 0 saturated heterocycles. The van der Waals surface area contributed by atoms with Crippen molar-refractivity contribution in [2.45, 2.75) is 0 Å². The Morgan fingerprint density at radius 3 is 2.59 bits per heavy atom. The molecule has 2 aromatic carbocycles. The highest BCUT2D eigenvalue weighted by Gasteiger charge is 2.00. The average molecular weight is 248 g/mol. The first-order chi connectivity index (χ1) is 8.16. The molecule has 0 saturated carbocycles. The molecule has 0 aromatic heterocycles. The van der Waals surface area contributed by atoms with E-state index in [1.807, 2.05) is 12.1 Å². The molecule has 0 aliphatic heterocycles. The number of benzene rings is 2. The van der Waals surface area contributed by atoms with Gasteiger partial charge in [0, 0.05) is 11.8 Å². The van der Waals surface area contributed by atoms with Crippen molar-refractivity contribution >= 4 is 23.5 Å². The molecule has 0 spiro atoms. The van der Waals surface area contributed by atoms with Crippen LogP contribution >= 0.6 is 11.6 Å². The Labute approximate surface area is 104 Å². The van der Waals surface area contributed by atoms with Crippen molar-refractivity contribution in [3.63, 3.8) is 0 Å². The molecule has 3 nitrogen and oxygen atoms in total. The summed E-state index contributed by atoms with van der Waals surface area (Å²) in [7, 11) is 0. The first kappa shape index (κ1) is 11.5. The molecule has 2 aromatic rings. The number of phenols is 2. The predicted molar refractivity (Wildman–Crippen MR) is 68.5 cm³/mol. The summed E-state index contributed by atoms with van der Waals surface area (Å²) >= 11 is 5.94. The molecule has 0 heterocycles.